The number of nitrogens with zero attached hydrogens (tertiary/aromatic N) is 1. The number of carboxylic acid groups (broad SMARTS) is 2. The molecule has 162 valence electrons. The van der Waals surface area contributed by atoms with Gasteiger partial charge in [-0.1, -0.05) is 54.6 Å². The Morgan fingerprint density at radius 3 is 1.88 bits per heavy atom. The molecule has 0 aliphatic heterocycles. The van der Waals surface area contributed by atoms with Crippen LogP contribution < -0.4 is 4.74 Å². The second-order valence-corrected chi connectivity index (χ2v) is 7.41. The number of hydrogen-bond donors (Lipinski definition) is 2. The zero-order valence-corrected chi connectivity index (χ0v) is 18.1. The summed E-state index contributed by atoms with van der Waals surface area (Å²) in [5.74, 6) is -2.76. The van der Waals surface area contributed by atoms with Gasteiger partial charge in [0.15, 0.2) is 0 Å². The largest absolute Gasteiger partial charge is 0.494 e. The Labute approximate surface area is 189 Å². The van der Waals surface area contributed by atoms with E-state index in [1.54, 1.807) is 11.3 Å². The molecule has 1 aromatic heterocycles. The Bertz CT molecular complexity index is 1160. The minimum Gasteiger partial charge on any atom is -0.494 e. The third-order valence-corrected chi connectivity index (χ3v) is 5.28. The van der Waals surface area contributed by atoms with E-state index in [0.717, 1.165) is 27.6 Å². The Kier molecular flexibility index (Phi) is 7.72. The number of carbonyl (C=O) groups is 2. The van der Waals surface area contributed by atoms with E-state index in [9.17, 15) is 0 Å². The molecule has 0 saturated heterocycles. The maximum absolute atomic E-state index is 9.10. The van der Waals surface area contributed by atoms with Crippen LogP contribution in [0.15, 0.2) is 84.2 Å². The van der Waals surface area contributed by atoms with E-state index >= 15 is 0 Å². The van der Waals surface area contributed by atoms with Crippen LogP contribution in [0.3, 0.4) is 0 Å². The minimum absolute atomic E-state index is 0.680. The summed E-state index contributed by atoms with van der Waals surface area (Å²) >= 11 is 1.67. The van der Waals surface area contributed by atoms with Gasteiger partial charge in [-0.15, -0.1) is 11.3 Å². The molecule has 0 radical (unpaired) electrons. The number of thiazole rings is 1. The number of ether oxygens (including phenoxy) is 1. The molecule has 3 aromatic carbocycles. The van der Waals surface area contributed by atoms with Gasteiger partial charge in [0.2, 0.25) is 0 Å². The van der Waals surface area contributed by atoms with E-state index in [1.807, 2.05) is 25.1 Å². The number of aromatic nitrogens is 1. The molecule has 2 N–H and O–H groups in total. The first-order chi connectivity index (χ1) is 15.5. The number of aliphatic carboxylic acids is 2. The second kappa shape index (κ2) is 10.9. The summed E-state index contributed by atoms with van der Waals surface area (Å²) in [5, 5.41) is 17.9. The van der Waals surface area contributed by atoms with Gasteiger partial charge in [0.05, 0.1) is 12.3 Å². The van der Waals surface area contributed by atoms with E-state index in [4.69, 9.17) is 29.5 Å². The smallest absolute Gasteiger partial charge is 0.414 e. The van der Waals surface area contributed by atoms with Crippen molar-refractivity contribution in [2.45, 2.75) is 6.92 Å². The van der Waals surface area contributed by atoms with Crippen LogP contribution in [0.25, 0.3) is 33.0 Å². The molecular formula is C25H21NO5S. The number of benzene rings is 3. The summed E-state index contributed by atoms with van der Waals surface area (Å²) in [6.45, 7) is 2.67. The van der Waals surface area contributed by atoms with Gasteiger partial charge in [0, 0.05) is 16.5 Å². The van der Waals surface area contributed by atoms with Crippen molar-refractivity contribution in [3.8, 4) is 38.7 Å². The fraction of sp³-hybridized carbons (Fsp3) is 0.0800. The average Bonchev–Trinajstić information content (AvgIpc) is 3.31. The van der Waals surface area contributed by atoms with Gasteiger partial charge in [-0.25, -0.2) is 14.6 Å². The van der Waals surface area contributed by atoms with Crippen molar-refractivity contribution in [2.75, 3.05) is 6.61 Å². The van der Waals surface area contributed by atoms with Crippen LogP contribution in [0.1, 0.15) is 6.92 Å². The zero-order chi connectivity index (χ0) is 22.9. The molecule has 0 fully saturated rings. The predicted molar refractivity (Wildman–Crippen MR) is 125 cm³/mol. The monoisotopic (exact) mass is 447 g/mol. The summed E-state index contributed by atoms with van der Waals surface area (Å²) in [5.41, 5.74) is 5.71. The molecule has 0 aliphatic rings. The van der Waals surface area contributed by atoms with Crippen LogP contribution in [0, 0.1) is 0 Å². The highest BCUT2D eigenvalue weighted by molar-refractivity contribution is 7.13. The SMILES string of the molecule is CCOc1ccc(-c2nc(-c3ccc(-c4ccccc4)cc3)cs2)cc1.O=C(O)C(=O)O. The lowest BCUT2D eigenvalue weighted by Gasteiger charge is -2.03. The highest BCUT2D eigenvalue weighted by Gasteiger charge is 2.08. The Morgan fingerprint density at radius 2 is 1.31 bits per heavy atom. The van der Waals surface area contributed by atoms with Crippen molar-refractivity contribution in [2.24, 2.45) is 0 Å². The maximum atomic E-state index is 9.10. The summed E-state index contributed by atoms with van der Waals surface area (Å²) in [6.07, 6.45) is 0. The third-order valence-electron chi connectivity index (χ3n) is 4.39. The molecule has 0 aliphatic carbocycles. The van der Waals surface area contributed by atoms with Crippen molar-refractivity contribution in [3.63, 3.8) is 0 Å². The summed E-state index contributed by atoms with van der Waals surface area (Å²) in [7, 11) is 0. The highest BCUT2D eigenvalue weighted by Crippen LogP contribution is 2.31. The third kappa shape index (κ3) is 6.02. The minimum atomic E-state index is -1.82. The fourth-order valence-corrected chi connectivity index (χ4v) is 3.70. The topological polar surface area (TPSA) is 96.7 Å². The number of carboxylic acids is 2. The average molecular weight is 448 g/mol. The molecule has 32 heavy (non-hydrogen) atoms. The van der Waals surface area contributed by atoms with Gasteiger partial charge in [0.1, 0.15) is 10.8 Å². The van der Waals surface area contributed by atoms with Crippen LogP contribution >= 0.6 is 11.3 Å². The number of hydrogen-bond acceptors (Lipinski definition) is 5. The molecule has 4 aromatic rings. The Hall–Kier alpha value is -3.97. The van der Waals surface area contributed by atoms with E-state index in [0.29, 0.717) is 6.61 Å². The van der Waals surface area contributed by atoms with Gasteiger partial charge in [0.25, 0.3) is 0 Å². The zero-order valence-electron chi connectivity index (χ0n) is 17.3. The molecule has 7 heteroatoms. The van der Waals surface area contributed by atoms with Crippen molar-refractivity contribution in [3.05, 3.63) is 84.2 Å². The molecule has 0 atom stereocenters. The van der Waals surface area contributed by atoms with Gasteiger partial charge >= 0.3 is 11.9 Å². The van der Waals surface area contributed by atoms with Crippen LogP contribution in [-0.4, -0.2) is 33.7 Å². The molecule has 0 bridgehead atoms. The first kappa shape index (κ1) is 22.7. The predicted octanol–water partition coefficient (Wildman–Crippen LogP) is 5.70. The fourth-order valence-electron chi connectivity index (χ4n) is 2.86. The highest BCUT2D eigenvalue weighted by atomic mass is 32.1. The molecule has 0 saturated carbocycles. The van der Waals surface area contributed by atoms with Crippen molar-refractivity contribution < 1.29 is 24.5 Å². The van der Waals surface area contributed by atoms with Crippen LogP contribution in [-0.2, 0) is 9.59 Å². The van der Waals surface area contributed by atoms with Crippen molar-refractivity contribution >= 4 is 23.3 Å². The Morgan fingerprint density at radius 1 is 0.781 bits per heavy atom. The maximum Gasteiger partial charge on any atom is 0.414 e. The van der Waals surface area contributed by atoms with Crippen LogP contribution in [0.4, 0.5) is 0 Å². The van der Waals surface area contributed by atoms with Gasteiger partial charge < -0.3 is 14.9 Å². The first-order valence-electron chi connectivity index (χ1n) is 9.78. The van der Waals surface area contributed by atoms with Crippen LogP contribution in [0.5, 0.6) is 5.75 Å². The Balaban J connectivity index is 0.000000427. The quantitative estimate of drug-likeness (QED) is 0.381. The lowest BCUT2D eigenvalue weighted by atomic mass is 10.0. The number of rotatable bonds is 5. The molecule has 0 spiro atoms. The molecule has 1 heterocycles. The summed E-state index contributed by atoms with van der Waals surface area (Å²) in [6, 6.07) is 27.1. The standard InChI is InChI=1S/C23H19NOS.C2H2O4/c1-2-25-21-14-12-20(13-15-21)23-24-22(16-26-23)19-10-8-18(9-11-19)17-6-4-3-5-7-17;3-1(4)2(5)6/h3-16H,2H2,1H3;(H,3,4)(H,5,6). The van der Waals surface area contributed by atoms with Crippen molar-refractivity contribution in [1.29, 1.82) is 0 Å². The molecule has 4 rings (SSSR count). The van der Waals surface area contributed by atoms with Gasteiger partial charge in [-0.05, 0) is 42.3 Å². The van der Waals surface area contributed by atoms with Gasteiger partial charge in [-0.3, -0.25) is 0 Å². The summed E-state index contributed by atoms with van der Waals surface area (Å²) in [4.78, 5) is 23.0. The first-order valence-corrected chi connectivity index (χ1v) is 10.7. The van der Waals surface area contributed by atoms with Crippen LogP contribution in [0.2, 0.25) is 0 Å². The van der Waals surface area contributed by atoms with E-state index < -0.39 is 11.9 Å². The van der Waals surface area contributed by atoms with Gasteiger partial charge in [-0.2, -0.15) is 0 Å². The summed E-state index contributed by atoms with van der Waals surface area (Å²) < 4.78 is 5.50. The molecular weight excluding hydrogens is 426 g/mol. The lowest BCUT2D eigenvalue weighted by Crippen LogP contribution is -2.09. The van der Waals surface area contributed by atoms with Crippen molar-refractivity contribution in [1.82, 2.24) is 4.98 Å². The lowest BCUT2D eigenvalue weighted by molar-refractivity contribution is -0.159. The molecule has 6 nitrogen and oxygen atoms in total. The second-order valence-electron chi connectivity index (χ2n) is 6.55. The molecule has 0 amide bonds. The van der Waals surface area contributed by atoms with E-state index in [-0.39, 0.29) is 0 Å². The van der Waals surface area contributed by atoms with E-state index in [1.165, 1.54) is 11.1 Å². The van der Waals surface area contributed by atoms with E-state index in [2.05, 4.69) is 66.0 Å². The molecule has 0 unspecified atom stereocenters. The normalized spacial score (nSPS) is 10.0.